The number of benzene rings is 2. The van der Waals surface area contributed by atoms with E-state index in [0.29, 0.717) is 50.9 Å². The highest BCUT2D eigenvalue weighted by Gasteiger charge is 2.25. The first-order chi connectivity index (χ1) is 13.6. The highest BCUT2D eigenvalue weighted by atomic mass is 16.5. The fraction of sp³-hybridized carbons (Fsp3) is 0.364. The summed E-state index contributed by atoms with van der Waals surface area (Å²) in [4.78, 5) is 26.4. The Labute approximate surface area is 165 Å². The van der Waals surface area contributed by atoms with Crippen molar-refractivity contribution >= 4 is 11.8 Å². The minimum absolute atomic E-state index is 0.000600. The molecule has 2 aromatic carbocycles. The minimum atomic E-state index is -0.166. The molecule has 2 N–H and O–H groups in total. The first-order valence-electron chi connectivity index (χ1n) is 9.68. The monoisotopic (exact) mass is 382 g/mol. The molecule has 6 heteroatoms. The summed E-state index contributed by atoms with van der Waals surface area (Å²) >= 11 is 0. The number of aromatic hydroxyl groups is 1. The van der Waals surface area contributed by atoms with Crippen LogP contribution in [0.15, 0.2) is 54.6 Å². The van der Waals surface area contributed by atoms with E-state index in [9.17, 15) is 14.7 Å². The van der Waals surface area contributed by atoms with E-state index in [1.165, 1.54) is 6.07 Å². The molecule has 0 radical (unpaired) electrons. The summed E-state index contributed by atoms with van der Waals surface area (Å²) < 4.78 is 5.59. The van der Waals surface area contributed by atoms with Gasteiger partial charge in [0.05, 0.1) is 12.2 Å². The number of phenolic OH excluding ortho intramolecular Hbond substituents is 1. The number of carbonyl (C=O) groups excluding carboxylic acids is 2. The highest BCUT2D eigenvalue weighted by molar-refractivity contribution is 5.96. The molecule has 148 valence electrons. The van der Waals surface area contributed by atoms with Crippen molar-refractivity contribution in [1.82, 2.24) is 10.2 Å². The van der Waals surface area contributed by atoms with Crippen molar-refractivity contribution in [2.75, 3.05) is 19.7 Å². The number of hydrogen-bond acceptors (Lipinski definition) is 4. The quantitative estimate of drug-likeness (QED) is 0.722. The van der Waals surface area contributed by atoms with Crippen LogP contribution in [-0.2, 0) is 4.79 Å². The van der Waals surface area contributed by atoms with Gasteiger partial charge < -0.3 is 20.1 Å². The van der Waals surface area contributed by atoms with E-state index < -0.39 is 0 Å². The van der Waals surface area contributed by atoms with Crippen molar-refractivity contribution in [1.29, 1.82) is 0 Å². The second-order valence-electron chi connectivity index (χ2n) is 6.92. The summed E-state index contributed by atoms with van der Waals surface area (Å²) in [5.41, 5.74) is 0.323. The minimum Gasteiger partial charge on any atom is -0.507 e. The number of para-hydroxylation sites is 2. The van der Waals surface area contributed by atoms with Crippen molar-refractivity contribution in [3.63, 3.8) is 0 Å². The Kier molecular flexibility index (Phi) is 6.89. The normalized spacial score (nSPS) is 14.5. The summed E-state index contributed by atoms with van der Waals surface area (Å²) in [5.74, 6) is 0.660. The molecule has 1 saturated heterocycles. The molecule has 3 rings (SSSR count). The topological polar surface area (TPSA) is 78.9 Å². The van der Waals surface area contributed by atoms with E-state index in [2.05, 4.69) is 5.32 Å². The van der Waals surface area contributed by atoms with Gasteiger partial charge in [-0.1, -0.05) is 30.3 Å². The van der Waals surface area contributed by atoms with E-state index in [4.69, 9.17) is 4.74 Å². The molecule has 0 aromatic heterocycles. The average Bonchev–Trinajstić information content (AvgIpc) is 2.72. The van der Waals surface area contributed by atoms with Crippen LogP contribution in [0.5, 0.6) is 11.5 Å². The van der Waals surface area contributed by atoms with Crippen LogP contribution in [0.1, 0.15) is 36.0 Å². The first kappa shape index (κ1) is 19.7. The third kappa shape index (κ3) is 5.49. The van der Waals surface area contributed by atoms with Crippen molar-refractivity contribution in [3.05, 3.63) is 60.2 Å². The van der Waals surface area contributed by atoms with E-state index in [1.54, 1.807) is 23.1 Å². The van der Waals surface area contributed by atoms with Crippen molar-refractivity contribution in [2.24, 2.45) is 0 Å². The Balaban J connectivity index is 1.35. The van der Waals surface area contributed by atoms with E-state index >= 15 is 0 Å². The SMILES string of the molecule is O=C(CCCOc1ccccc1)NC1CCN(C(=O)c2ccccc2O)CC1. The van der Waals surface area contributed by atoms with Crippen molar-refractivity contribution in [3.8, 4) is 11.5 Å². The van der Waals surface area contributed by atoms with Gasteiger partial charge in [0.15, 0.2) is 0 Å². The lowest BCUT2D eigenvalue weighted by Crippen LogP contribution is -2.46. The Morgan fingerprint density at radius 3 is 2.43 bits per heavy atom. The molecule has 2 aromatic rings. The van der Waals surface area contributed by atoms with Gasteiger partial charge in [0, 0.05) is 25.6 Å². The van der Waals surface area contributed by atoms with E-state index in [1.807, 2.05) is 30.3 Å². The van der Waals surface area contributed by atoms with Crippen LogP contribution in [-0.4, -0.2) is 47.6 Å². The predicted molar refractivity (Wildman–Crippen MR) is 106 cm³/mol. The molecule has 6 nitrogen and oxygen atoms in total. The highest BCUT2D eigenvalue weighted by Crippen LogP contribution is 2.20. The summed E-state index contributed by atoms with van der Waals surface area (Å²) in [6, 6.07) is 16.2. The first-order valence-corrected chi connectivity index (χ1v) is 9.68. The molecule has 1 heterocycles. The predicted octanol–water partition coefficient (Wildman–Crippen LogP) is 2.97. The lowest BCUT2D eigenvalue weighted by molar-refractivity contribution is -0.122. The smallest absolute Gasteiger partial charge is 0.257 e. The van der Waals surface area contributed by atoms with Gasteiger partial charge in [0.1, 0.15) is 11.5 Å². The van der Waals surface area contributed by atoms with E-state index in [-0.39, 0.29) is 23.6 Å². The second-order valence-corrected chi connectivity index (χ2v) is 6.92. The number of likely N-dealkylation sites (tertiary alicyclic amines) is 1. The number of phenols is 1. The molecular formula is C22H26N2O4. The molecule has 0 aliphatic carbocycles. The molecule has 0 spiro atoms. The molecule has 0 atom stereocenters. The fourth-order valence-corrected chi connectivity index (χ4v) is 3.29. The lowest BCUT2D eigenvalue weighted by atomic mass is 10.0. The number of amides is 2. The molecule has 0 bridgehead atoms. The van der Waals surface area contributed by atoms with Gasteiger partial charge in [-0.3, -0.25) is 9.59 Å². The number of piperidine rings is 1. The largest absolute Gasteiger partial charge is 0.507 e. The second kappa shape index (κ2) is 9.78. The maximum atomic E-state index is 12.5. The molecule has 28 heavy (non-hydrogen) atoms. The molecule has 1 aliphatic rings. The Hall–Kier alpha value is -3.02. The zero-order valence-corrected chi connectivity index (χ0v) is 15.8. The van der Waals surface area contributed by atoms with Crippen LogP contribution < -0.4 is 10.1 Å². The Bertz CT molecular complexity index is 786. The van der Waals surface area contributed by atoms with Gasteiger partial charge >= 0.3 is 0 Å². The van der Waals surface area contributed by atoms with Gasteiger partial charge in [-0.15, -0.1) is 0 Å². The zero-order valence-electron chi connectivity index (χ0n) is 15.8. The number of nitrogens with one attached hydrogen (secondary N) is 1. The molecular weight excluding hydrogens is 356 g/mol. The molecule has 0 saturated carbocycles. The number of ether oxygens (including phenoxy) is 1. The maximum absolute atomic E-state index is 12.5. The number of hydrogen-bond donors (Lipinski definition) is 2. The van der Waals surface area contributed by atoms with Gasteiger partial charge in [-0.2, -0.15) is 0 Å². The molecule has 1 fully saturated rings. The average molecular weight is 382 g/mol. The van der Waals surface area contributed by atoms with Crippen molar-refractivity contribution in [2.45, 2.75) is 31.7 Å². The Morgan fingerprint density at radius 2 is 1.71 bits per heavy atom. The van der Waals surface area contributed by atoms with Crippen LogP contribution in [0.3, 0.4) is 0 Å². The van der Waals surface area contributed by atoms with Crippen LogP contribution in [0.2, 0.25) is 0 Å². The third-order valence-electron chi connectivity index (χ3n) is 4.84. The standard InChI is InChI=1S/C22H26N2O4/c25-20-10-5-4-9-19(20)22(27)24-14-12-17(13-15-24)23-21(26)11-6-16-28-18-7-2-1-3-8-18/h1-5,7-10,17,25H,6,11-16H2,(H,23,26). The number of nitrogens with zero attached hydrogens (tertiary/aromatic N) is 1. The van der Waals surface area contributed by atoms with Gasteiger partial charge in [0.2, 0.25) is 5.91 Å². The van der Waals surface area contributed by atoms with Crippen LogP contribution >= 0.6 is 0 Å². The summed E-state index contributed by atoms with van der Waals surface area (Å²) in [7, 11) is 0. The van der Waals surface area contributed by atoms with Crippen LogP contribution in [0.25, 0.3) is 0 Å². The molecule has 2 amide bonds. The maximum Gasteiger partial charge on any atom is 0.257 e. The zero-order chi connectivity index (χ0) is 19.8. The molecule has 0 unspecified atom stereocenters. The van der Waals surface area contributed by atoms with Gasteiger partial charge in [0.25, 0.3) is 5.91 Å². The molecule has 1 aliphatic heterocycles. The van der Waals surface area contributed by atoms with Crippen molar-refractivity contribution < 1.29 is 19.4 Å². The number of rotatable bonds is 7. The summed E-state index contributed by atoms with van der Waals surface area (Å²) in [6.45, 7) is 1.63. The number of carbonyl (C=O) groups is 2. The van der Waals surface area contributed by atoms with E-state index in [0.717, 1.165) is 5.75 Å². The van der Waals surface area contributed by atoms with Crippen LogP contribution in [0.4, 0.5) is 0 Å². The third-order valence-corrected chi connectivity index (χ3v) is 4.84. The fourth-order valence-electron chi connectivity index (χ4n) is 3.29. The lowest BCUT2D eigenvalue weighted by Gasteiger charge is -2.32. The summed E-state index contributed by atoms with van der Waals surface area (Å²) in [6.07, 6.45) is 2.51. The van der Waals surface area contributed by atoms with Crippen LogP contribution in [0, 0.1) is 0 Å². The van der Waals surface area contributed by atoms with Gasteiger partial charge in [-0.05, 0) is 43.5 Å². The summed E-state index contributed by atoms with van der Waals surface area (Å²) in [5, 5.41) is 12.9. The Morgan fingerprint density at radius 1 is 1.04 bits per heavy atom. The van der Waals surface area contributed by atoms with Gasteiger partial charge in [-0.25, -0.2) is 0 Å².